The molecule has 0 radical (unpaired) electrons. The van der Waals surface area contributed by atoms with Crippen molar-refractivity contribution >= 4 is 11.6 Å². The maximum absolute atomic E-state index is 8.82. The van der Waals surface area contributed by atoms with Gasteiger partial charge in [0.25, 0.3) is 0 Å². The summed E-state index contributed by atoms with van der Waals surface area (Å²) in [5, 5.41) is 9.47. The number of likely N-dealkylation sites (N-methyl/N-ethyl adjacent to an activating group) is 1. The summed E-state index contributed by atoms with van der Waals surface area (Å²) in [7, 11) is 3.62. The first-order chi connectivity index (χ1) is 8.08. The maximum Gasteiger partial charge on any atom is 0.137 e. The number of aryl methyl sites for hydroxylation is 1. The van der Waals surface area contributed by atoms with Gasteiger partial charge in [0.15, 0.2) is 0 Å². The molecule has 3 nitrogen and oxygen atoms in total. The summed E-state index contributed by atoms with van der Waals surface area (Å²) in [4.78, 5) is 2.09. The second-order valence-corrected chi connectivity index (χ2v) is 4.60. The number of methoxy groups -OCH3 is 1. The van der Waals surface area contributed by atoms with E-state index in [1.54, 1.807) is 7.11 Å². The van der Waals surface area contributed by atoms with E-state index in [4.69, 9.17) is 21.4 Å². The van der Waals surface area contributed by atoms with Crippen LogP contribution >= 0.6 is 11.6 Å². The highest BCUT2D eigenvalue weighted by Crippen LogP contribution is 2.28. The molecular formula is C13H20ClNO2. The molecule has 0 saturated heterocycles. The van der Waals surface area contributed by atoms with E-state index in [0.29, 0.717) is 11.6 Å². The summed E-state index contributed by atoms with van der Waals surface area (Å²) < 4.78 is 5.17. The Labute approximate surface area is 108 Å². The number of hydrogen-bond donors (Lipinski definition) is 1. The average molecular weight is 258 g/mol. The van der Waals surface area contributed by atoms with E-state index in [1.165, 1.54) is 11.1 Å². The minimum absolute atomic E-state index is 0.193. The SMILES string of the molecule is COc1cc(C)c(CCN(C)CCO)cc1Cl. The van der Waals surface area contributed by atoms with E-state index in [2.05, 4.69) is 11.8 Å². The molecule has 0 unspecified atom stereocenters. The standard InChI is InChI=1S/C13H20ClNO2/c1-10-8-13(17-3)12(14)9-11(10)4-5-15(2)6-7-16/h8-9,16H,4-7H2,1-3H3. The molecule has 0 aliphatic heterocycles. The monoisotopic (exact) mass is 257 g/mol. The molecule has 0 bridgehead atoms. The highest BCUT2D eigenvalue weighted by molar-refractivity contribution is 6.32. The van der Waals surface area contributed by atoms with Crippen molar-refractivity contribution < 1.29 is 9.84 Å². The fraction of sp³-hybridized carbons (Fsp3) is 0.538. The first kappa shape index (κ1) is 14.3. The van der Waals surface area contributed by atoms with Gasteiger partial charge in [-0.05, 0) is 43.7 Å². The zero-order chi connectivity index (χ0) is 12.8. The van der Waals surface area contributed by atoms with Gasteiger partial charge in [-0.2, -0.15) is 0 Å². The molecule has 0 amide bonds. The Morgan fingerprint density at radius 3 is 2.65 bits per heavy atom. The highest BCUT2D eigenvalue weighted by atomic mass is 35.5. The molecule has 0 aliphatic rings. The van der Waals surface area contributed by atoms with Gasteiger partial charge in [-0.25, -0.2) is 0 Å². The van der Waals surface area contributed by atoms with E-state index < -0.39 is 0 Å². The average Bonchev–Trinajstić information content (AvgIpc) is 2.30. The van der Waals surface area contributed by atoms with Gasteiger partial charge in [-0.15, -0.1) is 0 Å². The molecule has 0 aromatic heterocycles. The van der Waals surface area contributed by atoms with Crippen molar-refractivity contribution in [1.82, 2.24) is 4.90 Å². The van der Waals surface area contributed by atoms with E-state index in [-0.39, 0.29) is 6.61 Å². The third-order valence-electron chi connectivity index (χ3n) is 2.85. The van der Waals surface area contributed by atoms with Gasteiger partial charge in [0.05, 0.1) is 18.7 Å². The summed E-state index contributed by atoms with van der Waals surface area (Å²) in [6.07, 6.45) is 0.923. The van der Waals surface area contributed by atoms with Gasteiger partial charge < -0.3 is 14.7 Å². The van der Waals surface area contributed by atoms with Crippen LogP contribution in [0.3, 0.4) is 0 Å². The lowest BCUT2D eigenvalue weighted by molar-refractivity contribution is 0.223. The van der Waals surface area contributed by atoms with Crippen molar-refractivity contribution in [1.29, 1.82) is 0 Å². The molecule has 0 heterocycles. The van der Waals surface area contributed by atoms with Gasteiger partial charge in [0.2, 0.25) is 0 Å². The number of rotatable bonds is 6. The maximum atomic E-state index is 8.82. The van der Waals surface area contributed by atoms with Crippen LogP contribution in [0.2, 0.25) is 5.02 Å². The Hall–Kier alpha value is -0.770. The number of ether oxygens (including phenoxy) is 1. The molecule has 4 heteroatoms. The molecule has 0 atom stereocenters. The Morgan fingerprint density at radius 2 is 2.06 bits per heavy atom. The van der Waals surface area contributed by atoms with Crippen LogP contribution in [0.5, 0.6) is 5.75 Å². The summed E-state index contributed by atoms with van der Waals surface area (Å²) in [6, 6.07) is 3.92. The largest absolute Gasteiger partial charge is 0.495 e. The third-order valence-corrected chi connectivity index (χ3v) is 3.15. The van der Waals surface area contributed by atoms with Gasteiger partial charge in [0, 0.05) is 13.1 Å². The van der Waals surface area contributed by atoms with Crippen LogP contribution in [-0.4, -0.2) is 43.9 Å². The summed E-state index contributed by atoms with van der Waals surface area (Å²) >= 11 is 6.10. The minimum Gasteiger partial charge on any atom is -0.495 e. The first-order valence-corrected chi connectivity index (χ1v) is 6.08. The number of nitrogens with zero attached hydrogens (tertiary/aromatic N) is 1. The number of aliphatic hydroxyl groups excluding tert-OH is 1. The van der Waals surface area contributed by atoms with E-state index >= 15 is 0 Å². The summed E-state index contributed by atoms with van der Waals surface area (Å²) in [5.41, 5.74) is 2.41. The number of halogens is 1. The van der Waals surface area contributed by atoms with Crippen molar-refractivity contribution in [2.75, 3.05) is 33.9 Å². The van der Waals surface area contributed by atoms with Crippen molar-refractivity contribution in [3.63, 3.8) is 0 Å². The molecule has 17 heavy (non-hydrogen) atoms. The molecular weight excluding hydrogens is 238 g/mol. The Morgan fingerprint density at radius 1 is 1.35 bits per heavy atom. The normalized spacial score (nSPS) is 10.9. The van der Waals surface area contributed by atoms with Crippen LogP contribution in [-0.2, 0) is 6.42 Å². The Bertz CT molecular complexity index is 369. The smallest absolute Gasteiger partial charge is 0.137 e. The molecule has 1 aromatic carbocycles. The molecule has 0 spiro atoms. The lowest BCUT2D eigenvalue weighted by atomic mass is 10.1. The fourth-order valence-corrected chi connectivity index (χ4v) is 1.98. The summed E-state index contributed by atoms with van der Waals surface area (Å²) in [5.74, 6) is 0.719. The predicted octanol–water partition coefficient (Wildman–Crippen LogP) is 2.12. The predicted molar refractivity (Wildman–Crippen MR) is 71.0 cm³/mol. The molecule has 1 aromatic rings. The van der Waals surface area contributed by atoms with Gasteiger partial charge in [-0.3, -0.25) is 0 Å². The second-order valence-electron chi connectivity index (χ2n) is 4.19. The number of aliphatic hydroxyl groups is 1. The van der Waals surface area contributed by atoms with Crippen molar-refractivity contribution in [3.05, 3.63) is 28.3 Å². The minimum atomic E-state index is 0.193. The Kier molecular flexibility index (Phi) is 5.75. The van der Waals surface area contributed by atoms with E-state index in [0.717, 1.165) is 18.7 Å². The molecule has 0 fully saturated rings. The highest BCUT2D eigenvalue weighted by Gasteiger charge is 2.07. The third kappa shape index (κ3) is 4.19. The number of hydrogen-bond acceptors (Lipinski definition) is 3. The van der Waals surface area contributed by atoms with Crippen LogP contribution in [0.1, 0.15) is 11.1 Å². The van der Waals surface area contributed by atoms with Crippen LogP contribution in [0.25, 0.3) is 0 Å². The van der Waals surface area contributed by atoms with Gasteiger partial charge in [-0.1, -0.05) is 11.6 Å². The quantitative estimate of drug-likeness (QED) is 0.848. The van der Waals surface area contributed by atoms with Crippen molar-refractivity contribution in [2.24, 2.45) is 0 Å². The molecule has 96 valence electrons. The van der Waals surface area contributed by atoms with Crippen LogP contribution in [0.15, 0.2) is 12.1 Å². The first-order valence-electron chi connectivity index (χ1n) is 5.71. The van der Waals surface area contributed by atoms with Crippen LogP contribution in [0, 0.1) is 6.92 Å². The lowest BCUT2D eigenvalue weighted by Gasteiger charge is -2.16. The Balaban J connectivity index is 2.68. The molecule has 1 rings (SSSR count). The molecule has 0 aliphatic carbocycles. The molecule has 0 saturated carbocycles. The summed E-state index contributed by atoms with van der Waals surface area (Å²) in [6.45, 7) is 3.85. The van der Waals surface area contributed by atoms with E-state index in [9.17, 15) is 0 Å². The fourth-order valence-electron chi connectivity index (χ4n) is 1.72. The van der Waals surface area contributed by atoms with Gasteiger partial charge in [0.1, 0.15) is 5.75 Å². The van der Waals surface area contributed by atoms with Crippen molar-refractivity contribution in [3.8, 4) is 5.75 Å². The van der Waals surface area contributed by atoms with E-state index in [1.807, 2.05) is 19.2 Å². The molecule has 1 N–H and O–H groups in total. The van der Waals surface area contributed by atoms with Crippen molar-refractivity contribution in [2.45, 2.75) is 13.3 Å². The topological polar surface area (TPSA) is 32.7 Å². The second kappa shape index (κ2) is 6.84. The zero-order valence-electron chi connectivity index (χ0n) is 10.7. The lowest BCUT2D eigenvalue weighted by Crippen LogP contribution is -2.24. The van der Waals surface area contributed by atoms with Crippen LogP contribution < -0.4 is 4.74 Å². The van der Waals surface area contributed by atoms with Gasteiger partial charge >= 0.3 is 0 Å². The zero-order valence-corrected chi connectivity index (χ0v) is 11.4. The number of benzene rings is 1. The van der Waals surface area contributed by atoms with Crippen LogP contribution in [0.4, 0.5) is 0 Å².